The molecule has 2 aromatic carbocycles. The molecule has 2 N–H and O–H groups in total. The molecule has 2 amide bonds. The Morgan fingerprint density at radius 3 is 2.28 bits per heavy atom. The summed E-state index contributed by atoms with van der Waals surface area (Å²) in [6.07, 6.45) is 3.39. The summed E-state index contributed by atoms with van der Waals surface area (Å²) in [6.45, 7) is 0. The molecule has 1 unspecified atom stereocenters. The van der Waals surface area contributed by atoms with Gasteiger partial charge in [0, 0.05) is 17.4 Å². The predicted molar refractivity (Wildman–Crippen MR) is 101 cm³/mol. The first kappa shape index (κ1) is 17.3. The number of nitrogens with one attached hydrogen (secondary N) is 2. The molecule has 1 heterocycles. The molecule has 4 nitrogen and oxygen atoms in total. The first-order chi connectivity index (χ1) is 12.1. The molecule has 0 spiro atoms. The summed E-state index contributed by atoms with van der Waals surface area (Å²) >= 11 is 12.0. The van der Waals surface area contributed by atoms with Crippen LogP contribution in [0.4, 0.5) is 10.5 Å². The topological polar surface area (TPSA) is 54.0 Å². The molecular weight excluding hydrogens is 357 g/mol. The zero-order chi connectivity index (χ0) is 17.6. The van der Waals surface area contributed by atoms with E-state index in [1.54, 1.807) is 30.6 Å². The molecule has 0 aliphatic rings. The van der Waals surface area contributed by atoms with Crippen molar-refractivity contribution in [1.29, 1.82) is 0 Å². The van der Waals surface area contributed by atoms with Gasteiger partial charge in [0.25, 0.3) is 0 Å². The molecule has 0 aliphatic carbocycles. The number of nitrogens with zero attached hydrogens (tertiary/aromatic N) is 1. The molecule has 1 atom stereocenters. The third kappa shape index (κ3) is 4.50. The van der Waals surface area contributed by atoms with Crippen molar-refractivity contribution in [1.82, 2.24) is 10.3 Å². The fourth-order valence-electron chi connectivity index (χ4n) is 2.44. The van der Waals surface area contributed by atoms with Crippen molar-refractivity contribution in [3.8, 4) is 0 Å². The van der Waals surface area contributed by atoms with Gasteiger partial charge in [-0.2, -0.15) is 0 Å². The minimum Gasteiger partial charge on any atom is -0.327 e. The maximum Gasteiger partial charge on any atom is 0.320 e. The maximum atomic E-state index is 12.5. The van der Waals surface area contributed by atoms with Crippen LogP contribution < -0.4 is 10.6 Å². The number of hydrogen-bond donors (Lipinski definition) is 2. The van der Waals surface area contributed by atoms with E-state index >= 15 is 0 Å². The molecule has 0 fully saturated rings. The second-order valence-corrected chi connectivity index (χ2v) is 6.19. The molecule has 25 heavy (non-hydrogen) atoms. The Hall–Kier alpha value is -2.56. The zero-order valence-electron chi connectivity index (χ0n) is 13.1. The van der Waals surface area contributed by atoms with Crippen molar-refractivity contribution in [2.24, 2.45) is 0 Å². The van der Waals surface area contributed by atoms with E-state index < -0.39 is 0 Å². The summed E-state index contributed by atoms with van der Waals surface area (Å²) in [5.41, 5.74) is 2.38. The van der Waals surface area contributed by atoms with E-state index in [4.69, 9.17) is 23.2 Å². The third-order valence-electron chi connectivity index (χ3n) is 3.63. The molecule has 0 bridgehead atoms. The van der Waals surface area contributed by atoms with Crippen LogP contribution in [0.25, 0.3) is 0 Å². The van der Waals surface area contributed by atoms with Crippen molar-refractivity contribution < 1.29 is 4.79 Å². The zero-order valence-corrected chi connectivity index (χ0v) is 14.6. The van der Waals surface area contributed by atoms with E-state index in [1.165, 1.54) is 0 Å². The second-order valence-electron chi connectivity index (χ2n) is 5.35. The monoisotopic (exact) mass is 371 g/mol. The van der Waals surface area contributed by atoms with Crippen molar-refractivity contribution in [3.63, 3.8) is 0 Å². The lowest BCUT2D eigenvalue weighted by Crippen LogP contribution is -2.33. The number of rotatable bonds is 4. The molecule has 1 aromatic heterocycles. The summed E-state index contributed by atoms with van der Waals surface area (Å²) in [5, 5.41) is 6.61. The first-order valence-corrected chi connectivity index (χ1v) is 8.36. The summed E-state index contributed by atoms with van der Waals surface area (Å²) in [6, 6.07) is 17.7. The van der Waals surface area contributed by atoms with Crippen molar-refractivity contribution in [2.75, 3.05) is 5.32 Å². The lowest BCUT2D eigenvalue weighted by Gasteiger charge is -2.20. The van der Waals surface area contributed by atoms with E-state index in [0.717, 1.165) is 11.1 Å². The fourth-order valence-corrected chi connectivity index (χ4v) is 2.90. The minimum absolute atomic E-state index is 0.310. The van der Waals surface area contributed by atoms with Crippen molar-refractivity contribution in [2.45, 2.75) is 6.04 Å². The standard InChI is InChI=1S/C19H15Cl2N3O/c20-15-6-7-17(16(21)12-15)23-19(25)24-18(13-4-2-1-3-5-13)14-8-10-22-11-9-14/h1-12,18H,(H2,23,24,25). The lowest BCUT2D eigenvalue weighted by molar-refractivity contribution is 0.250. The van der Waals surface area contributed by atoms with E-state index in [0.29, 0.717) is 15.7 Å². The minimum atomic E-state index is -0.366. The SMILES string of the molecule is O=C(Nc1ccc(Cl)cc1Cl)NC(c1ccccc1)c1ccncc1. The van der Waals surface area contributed by atoms with Crippen molar-refractivity contribution in [3.05, 3.63) is 94.2 Å². The molecule has 126 valence electrons. The number of benzene rings is 2. The smallest absolute Gasteiger partial charge is 0.320 e. The van der Waals surface area contributed by atoms with E-state index in [2.05, 4.69) is 15.6 Å². The van der Waals surface area contributed by atoms with Gasteiger partial charge in [-0.15, -0.1) is 0 Å². The number of urea groups is 1. The van der Waals surface area contributed by atoms with Crippen LogP contribution in [0.3, 0.4) is 0 Å². The highest BCUT2D eigenvalue weighted by Crippen LogP contribution is 2.26. The number of anilines is 1. The Labute approximate surface area is 155 Å². The average molecular weight is 372 g/mol. The first-order valence-electron chi connectivity index (χ1n) is 7.61. The van der Waals surface area contributed by atoms with Gasteiger partial charge in [0.2, 0.25) is 0 Å². The average Bonchev–Trinajstić information content (AvgIpc) is 2.63. The molecular formula is C19H15Cl2N3O. The highest BCUT2D eigenvalue weighted by atomic mass is 35.5. The highest BCUT2D eigenvalue weighted by molar-refractivity contribution is 6.36. The predicted octanol–water partition coefficient (Wildman–Crippen LogP) is 5.30. The molecule has 6 heteroatoms. The van der Waals surface area contributed by atoms with Crippen LogP contribution in [-0.4, -0.2) is 11.0 Å². The maximum absolute atomic E-state index is 12.5. The van der Waals surface area contributed by atoms with Crippen LogP contribution in [0.1, 0.15) is 17.2 Å². The van der Waals surface area contributed by atoms with Gasteiger partial charge >= 0.3 is 6.03 Å². The number of pyridine rings is 1. The van der Waals surface area contributed by atoms with Crippen LogP contribution in [0.2, 0.25) is 10.0 Å². The molecule has 0 saturated carbocycles. The fraction of sp³-hybridized carbons (Fsp3) is 0.0526. The van der Waals surface area contributed by atoms with Gasteiger partial charge in [-0.05, 0) is 41.5 Å². The Bertz CT molecular complexity index is 818. The number of aromatic nitrogens is 1. The summed E-state index contributed by atoms with van der Waals surface area (Å²) in [7, 11) is 0. The highest BCUT2D eigenvalue weighted by Gasteiger charge is 2.17. The van der Waals surface area contributed by atoms with Crippen LogP contribution in [0.5, 0.6) is 0 Å². The van der Waals surface area contributed by atoms with E-state index in [1.807, 2.05) is 42.5 Å². The number of halogens is 2. The van der Waals surface area contributed by atoms with Gasteiger partial charge in [0.05, 0.1) is 16.8 Å². The quantitative estimate of drug-likeness (QED) is 0.653. The lowest BCUT2D eigenvalue weighted by atomic mass is 10.00. The van der Waals surface area contributed by atoms with Gasteiger partial charge in [-0.3, -0.25) is 4.98 Å². The number of carbonyl (C=O) groups excluding carboxylic acids is 1. The molecule has 0 saturated heterocycles. The van der Waals surface area contributed by atoms with Crippen molar-refractivity contribution >= 4 is 34.9 Å². The Morgan fingerprint density at radius 1 is 0.920 bits per heavy atom. The van der Waals surface area contributed by atoms with Crippen LogP contribution in [0, 0.1) is 0 Å². The van der Waals surface area contributed by atoms with E-state index in [-0.39, 0.29) is 12.1 Å². The Balaban J connectivity index is 1.82. The van der Waals surface area contributed by atoms with Crippen LogP contribution in [-0.2, 0) is 0 Å². The second kappa shape index (κ2) is 8.01. The third-order valence-corrected chi connectivity index (χ3v) is 4.17. The molecule has 0 radical (unpaired) electrons. The van der Waals surface area contributed by atoms with Crippen LogP contribution >= 0.6 is 23.2 Å². The summed E-state index contributed by atoms with van der Waals surface area (Å²) < 4.78 is 0. The number of amides is 2. The van der Waals surface area contributed by atoms with Gasteiger partial charge < -0.3 is 10.6 Å². The van der Waals surface area contributed by atoms with E-state index in [9.17, 15) is 4.79 Å². The summed E-state index contributed by atoms with van der Waals surface area (Å²) in [4.78, 5) is 16.5. The Kier molecular flexibility index (Phi) is 5.53. The van der Waals surface area contributed by atoms with Gasteiger partial charge in [-0.25, -0.2) is 4.79 Å². The summed E-state index contributed by atoms with van der Waals surface area (Å²) in [5.74, 6) is 0. The Morgan fingerprint density at radius 2 is 1.60 bits per heavy atom. The van der Waals surface area contributed by atoms with Crippen LogP contribution in [0.15, 0.2) is 73.1 Å². The van der Waals surface area contributed by atoms with Gasteiger partial charge in [-0.1, -0.05) is 53.5 Å². The normalized spacial score (nSPS) is 11.6. The molecule has 0 aliphatic heterocycles. The van der Waals surface area contributed by atoms with Gasteiger partial charge in [0.15, 0.2) is 0 Å². The molecule has 3 aromatic rings. The largest absolute Gasteiger partial charge is 0.327 e. The van der Waals surface area contributed by atoms with Gasteiger partial charge in [0.1, 0.15) is 0 Å². The number of hydrogen-bond acceptors (Lipinski definition) is 2. The molecule has 3 rings (SSSR count). The number of carbonyl (C=O) groups is 1.